The molecule has 0 saturated carbocycles. The van der Waals surface area contributed by atoms with Crippen molar-refractivity contribution >= 4 is 21.5 Å². The Morgan fingerprint density at radius 1 is 0.862 bits per heavy atom. The zero-order chi connectivity index (χ0) is 18.8. The number of benzene rings is 2. The van der Waals surface area contributed by atoms with Crippen molar-refractivity contribution in [1.29, 1.82) is 0 Å². The van der Waals surface area contributed by atoms with Crippen LogP contribution in [-0.4, -0.2) is 0 Å². The maximum atomic E-state index is 2.26. The van der Waals surface area contributed by atoms with Crippen molar-refractivity contribution in [3.8, 4) is 0 Å². The number of aryl methyl sites for hydroxylation is 1. The van der Waals surface area contributed by atoms with Crippen LogP contribution in [0, 0.1) is 34.6 Å². The van der Waals surface area contributed by atoms with Crippen LogP contribution >= 0.6 is 0 Å². The fourth-order valence-corrected chi connectivity index (χ4v) is 4.04. The molecule has 4 rings (SSSR count). The van der Waals surface area contributed by atoms with E-state index in [1.165, 1.54) is 62.2 Å². The molecule has 29 heavy (non-hydrogen) atoms. The van der Waals surface area contributed by atoms with Crippen LogP contribution in [0.3, 0.4) is 0 Å². The number of hydrogen-bond acceptors (Lipinski definition) is 0. The van der Waals surface area contributed by atoms with E-state index in [0.717, 1.165) is 0 Å². The van der Waals surface area contributed by atoms with Crippen LogP contribution < -0.4 is 9.41 Å². The van der Waals surface area contributed by atoms with Gasteiger partial charge in [-0.05, 0) is 0 Å². The second-order valence-corrected chi connectivity index (χ2v) is 7.55. The molecule has 0 nitrogen and oxygen atoms in total. The van der Waals surface area contributed by atoms with E-state index in [9.17, 15) is 0 Å². The first-order chi connectivity index (χ1) is 12.4. The van der Waals surface area contributed by atoms with Crippen molar-refractivity contribution in [3.05, 3.63) is 81.9 Å². The molecule has 0 heterocycles. The number of halogens is 2. The average Bonchev–Trinajstić information content (AvgIpc) is 3.12. The van der Waals surface area contributed by atoms with Crippen molar-refractivity contribution in [1.82, 2.24) is 0 Å². The molecule has 0 spiro atoms. The Labute approximate surface area is 192 Å². The monoisotopic (exact) mass is 470 g/mol. The second kappa shape index (κ2) is 11.6. The molecule has 0 aliphatic carbocycles. The van der Waals surface area contributed by atoms with Gasteiger partial charge in [-0.2, -0.15) is 33.9 Å². The van der Waals surface area contributed by atoms with Crippen LogP contribution in [0.5, 0.6) is 0 Å². The summed E-state index contributed by atoms with van der Waals surface area (Å²) in [6.07, 6.45) is 2.50. The van der Waals surface area contributed by atoms with Crippen LogP contribution in [0.25, 0.3) is 21.5 Å². The molecule has 0 bridgehead atoms. The van der Waals surface area contributed by atoms with Gasteiger partial charge in [-0.15, -0.1) is 28.5 Å². The maximum Gasteiger partial charge on any atom is 4.00 e. The summed E-state index contributed by atoms with van der Waals surface area (Å²) in [5, 5.41) is 5.41. The van der Waals surface area contributed by atoms with E-state index in [1.54, 1.807) is 5.56 Å². The molecule has 4 aromatic rings. The second-order valence-electron chi connectivity index (χ2n) is 7.55. The molecule has 0 amide bonds. The van der Waals surface area contributed by atoms with Crippen LogP contribution in [0.1, 0.15) is 46.7 Å². The molecule has 0 aliphatic rings. The van der Waals surface area contributed by atoms with Gasteiger partial charge in [0, 0.05) is 0 Å². The Hall–Kier alpha value is -1.60. The normalized spacial score (nSPS) is 9.86. The van der Waals surface area contributed by atoms with E-state index in [-0.39, 0.29) is 35.6 Å². The largest absolute Gasteiger partial charge is 4.00 e. The van der Waals surface area contributed by atoms with Gasteiger partial charge in [0.25, 0.3) is 0 Å². The molecule has 4 aromatic carbocycles. The van der Waals surface area contributed by atoms with Gasteiger partial charge in [-0.3, -0.25) is 0 Å². The molecule has 0 atom stereocenters. The Bertz CT molecular complexity index is 1030. The van der Waals surface area contributed by atoms with Gasteiger partial charge in [0.1, 0.15) is 0 Å². The molecule has 0 unspecified atom stereocenters. The molecule has 0 fully saturated rings. The van der Waals surface area contributed by atoms with Crippen LogP contribution in [0.15, 0.2) is 48.5 Å². The van der Waals surface area contributed by atoms with E-state index in [0.29, 0.717) is 0 Å². The molecule has 0 aliphatic heterocycles. The average molecular weight is 472 g/mol. The summed E-state index contributed by atoms with van der Waals surface area (Å²) >= 11 is 0. The van der Waals surface area contributed by atoms with Crippen molar-refractivity contribution in [2.45, 2.75) is 54.4 Å². The van der Waals surface area contributed by atoms with Gasteiger partial charge in [0.15, 0.2) is 0 Å². The summed E-state index contributed by atoms with van der Waals surface area (Å²) in [7, 11) is 0. The van der Waals surface area contributed by atoms with E-state index >= 15 is 0 Å². The van der Waals surface area contributed by atoms with Gasteiger partial charge in [0.05, 0.1) is 0 Å². The standard InChI is InChI=1S/C14H11.C12H19.2FH.Zr/c1-10-8-12-7-6-11-4-2-3-5-13(11)14(12)9-10;1-6-7-12-10(4)8(2)9(3)11(12)5;;;/h2-9H,1H3;6-7H2,1-5H3;2*1H;/q2*-1;;;+4/p-2. The van der Waals surface area contributed by atoms with E-state index in [2.05, 4.69) is 90.1 Å². The minimum atomic E-state index is 0. The summed E-state index contributed by atoms with van der Waals surface area (Å²) < 4.78 is 0. The number of rotatable bonds is 2. The summed E-state index contributed by atoms with van der Waals surface area (Å²) in [5.41, 5.74) is 8.97. The Morgan fingerprint density at radius 2 is 1.48 bits per heavy atom. The molecule has 3 heteroatoms. The van der Waals surface area contributed by atoms with Gasteiger partial charge in [-0.25, -0.2) is 0 Å². The molecular formula is C26H30F2Zr. The fraction of sp³-hybridized carbons (Fsp3) is 0.308. The smallest absolute Gasteiger partial charge is 1.00 e. The van der Waals surface area contributed by atoms with Crippen LogP contribution in [-0.2, 0) is 32.6 Å². The first-order valence-electron chi connectivity index (χ1n) is 9.70. The SMILES string of the molecule is CCCc1c(C)c(C)c(C)[c-]1C.Cc1cc2ccc3ccccc3c2[cH-]1.[F-].[F-].[Zr+4]. The minimum absolute atomic E-state index is 0. The predicted molar refractivity (Wildman–Crippen MR) is 117 cm³/mol. The first-order valence-corrected chi connectivity index (χ1v) is 9.70. The molecule has 152 valence electrons. The Kier molecular flexibility index (Phi) is 10.9. The third-order valence-corrected chi connectivity index (χ3v) is 5.85. The molecule has 0 N–H and O–H groups in total. The zero-order valence-electron chi connectivity index (χ0n) is 18.3. The van der Waals surface area contributed by atoms with Crippen molar-refractivity contribution in [2.75, 3.05) is 0 Å². The summed E-state index contributed by atoms with van der Waals surface area (Å²) in [6, 6.07) is 17.4. The summed E-state index contributed by atoms with van der Waals surface area (Å²) in [5.74, 6) is 0. The van der Waals surface area contributed by atoms with E-state index in [4.69, 9.17) is 0 Å². The van der Waals surface area contributed by atoms with Crippen molar-refractivity contribution in [2.24, 2.45) is 0 Å². The molecule has 0 saturated heterocycles. The maximum absolute atomic E-state index is 2.26. The van der Waals surface area contributed by atoms with Gasteiger partial charge in [-0.1, -0.05) is 95.5 Å². The predicted octanol–water partition coefficient (Wildman–Crippen LogP) is 1.62. The summed E-state index contributed by atoms with van der Waals surface area (Å²) in [6.45, 7) is 13.4. The zero-order valence-corrected chi connectivity index (χ0v) is 20.7. The third-order valence-electron chi connectivity index (χ3n) is 5.85. The molecular weight excluding hydrogens is 442 g/mol. The van der Waals surface area contributed by atoms with E-state index < -0.39 is 0 Å². The number of fused-ring (bicyclic) bond motifs is 3. The summed E-state index contributed by atoms with van der Waals surface area (Å²) in [4.78, 5) is 0. The molecule has 0 aromatic heterocycles. The Morgan fingerprint density at radius 3 is 2.07 bits per heavy atom. The minimum Gasteiger partial charge on any atom is -1.00 e. The van der Waals surface area contributed by atoms with E-state index in [1.807, 2.05) is 0 Å². The quantitative estimate of drug-likeness (QED) is 0.390. The first kappa shape index (κ1) is 27.4. The van der Waals surface area contributed by atoms with Gasteiger partial charge < -0.3 is 9.41 Å². The Balaban J connectivity index is 0.000000496. The topological polar surface area (TPSA) is 0 Å². The van der Waals surface area contributed by atoms with Gasteiger partial charge in [0.2, 0.25) is 0 Å². The fourth-order valence-electron chi connectivity index (χ4n) is 4.04. The van der Waals surface area contributed by atoms with Crippen molar-refractivity contribution in [3.63, 3.8) is 0 Å². The molecule has 0 radical (unpaired) electrons. The van der Waals surface area contributed by atoms with Crippen LogP contribution in [0.2, 0.25) is 0 Å². The van der Waals surface area contributed by atoms with Gasteiger partial charge >= 0.3 is 26.2 Å². The number of hydrogen-bond donors (Lipinski definition) is 0. The van der Waals surface area contributed by atoms with Crippen molar-refractivity contribution < 1.29 is 35.6 Å². The van der Waals surface area contributed by atoms with Crippen LogP contribution in [0.4, 0.5) is 0 Å². The third kappa shape index (κ3) is 5.51.